The predicted octanol–water partition coefficient (Wildman–Crippen LogP) is 3.30. The van der Waals surface area contributed by atoms with Gasteiger partial charge in [-0.05, 0) is 30.5 Å². The first-order valence-corrected chi connectivity index (χ1v) is 8.00. The average molecular weight is 337 g/mol. The van der Waals surface area contributed by atoms with E-state index in [1.54, 1.807) is 13.0 Å². The molecule has 1 amide bonds. The van der Waals surface area contributed by atoms with E-state index in [9.17, 15) is 4.79 Å². The molecule has 4 rings (SSSR count). The Labute approximate surface area is 140 Å². The summed E-state index contributed by atoms with van der Waals surface area (Å²) in [7, 11) is 0. The van der Waals surface area contributed by atoms with E-state index in [2.05, 4.69) is 25.4 Å². The molecule has 0 unspecified atom stereocenters. The maximum Gasteiger partial charge on any atom is 0.275 e. The van der Waals surface area contributed by atoms with E-state index in [-0.39, 0.29) is 11.6 Å². The first-order chi connectivity index (χ1) is 11.7. The van der Waals surface area contributed by atoms with Crippen LogP contribution < -0.4 is 5.32 Å². The number of carbonyl (C=O) groups is 1. The molecule has 3 aromatic heterocycles. The SMILES string of the molecule is Cc1noc(-c2sccc2NC(=O)c2cnc3ccccc3n2)n1. The molecule has 0 saturated heterocycles. The monoisotopic (exact) mass is 337 g/mol. The van der Waals surface area contributed by atoms with E-state index >= 15 is 0 Å². The number of carbonyl (C=O) groups excluding carboxylic acids is 1. The number of fused-ring (bicyclic) bond motifs is 1. The standard InChI is InChI=1S/C16H11N5O2S/c1-9-18-16(23-21-9)14-12(6-7-24-14)20-15(22)13-8-17-10-4-2-3-5-11(10)19-13/h2-8H,1H3,(H,20,22). The number of thiophene rings is 1. The maximum atomic E-state index is 12.5. The molecule has 3 heterocycles. The first-order valence-electron chi connectivity index (χ1n) is 7.12. The van der Waals surface area contributed by atoms with Crippen LogP contribution in [0.15, 0.2) is 46.4 Å². The van der Waals surface area contributed by atoms with Crippen LogP contribution in [0.1, 0.15) is 16.3 Å². The molecule has 0 radical (unpaired) electrons. The van der Waals surface area contributed by atoms with Gasteiger partial charge >= 0.3 is 0 Å². The van der Waals surface area contributed by atoms with E-state index in [0.717, 1.165) is 5.52 Å². The molecule has 0 spiro atoms. The number of nitrogens with one attached hydrogen (secondary N) is 1. The van der Waals surface area contributed by atoms with Crippen molar-refractivity contribution in [3.05, 3.63) is 53.4 Å². The highest BCUT2D eigenvalue weighted by Gasteiger charge is 2.17. The van der Waals surface area contributed by atoms with Crippen LogP contribution in [-0.4, -0.2) is 26.0 Å². The molecular formula is C16H11N5O2S. The van der Waals surface area contributed by atoms with Gasteiger partial charge in [-0.2, -0.15) is 4.98 Å². The topological polar surface area (TPSA) is 93.8 Å². The highest BCUT2D eigenvalue weighted by molar-refractivity contribution is 7.14. The third-order valence-corrected chi connectivity index (χ3v) is 4.22. The molecule has 4 aromatic rings. The molecule has 0 aliphatic heterocycles. The van der Waals surface area contributed by atoms with E-state index < -0.39 is 0 Å². The molecular weight excluding hydrogens is 326 g/mol. The number of hydrogen-bond donors (Lipinski definition) is 1. The number of amides is 1. The van der Waals surface area contributed by atoms with Gasteiger partial charge in [-0.1, -0.05) is 17.3 Å². The summed E-state index contributed by atoms with van der Waals surface area (Å²) in [6.07, 6.45) is 1.46. The van der Waals surface area contributed by atoms with E-state index in [1.807, 2.05) is 29.6 Å². The summed E-state index contributed by atoms with van der Waals surface area (Å²) in [5.41, 5.74) is 2.26. The lowest BCUT2D eigenvalue weighted by Gasteiger charge is -2.04. The van der Waals surface area contributed by atoms with Gasteiger partial charge in [0.2, 0.25) is 0 Å². The molecule has 0 saturated carbocycles. The Morgan fingerprint density at radius 3 is 2.79 bits per heavy atom. The number of aryl methyl sites for hydroxylation is 1. The maximum absolute atomic E-state index is 12.5. The van der Waals surface area contributed by atoms with Crippen molar-refractivity contribution in [1.29, 1.82) is 0 Å². The molecule has 1 N–H and O–H groups in total. The second-order valence-corrected chi connectivity index (χ2v) is 5.92. The van der Waals surface area contributed by atoms with Crippen molar-refractivity contribution in [3.8, 4) is 10.8 Å². The summed E-state index contributed by atoms with van der Waals surface area (Å²) in [6, 6.07) is 9.18. The summed E-state index contributed by atoms with van der Waals surface area (Å²) in [5.74, 6) is 0.572. The van der Waals surface area contributed by atoms with Crippen molar-refractivity contribution in [2.45, 2.75) is 6.92 Å². The molecule has 0 atom stereocenters. The second kappa shape index (κ2) is 5.82. The van der Waals surface area contributed by atoms with E-state index in [0.29, 0.717) is 27.8 Å². The number of nitrogens with zero attached hydrogens (tertiary/aromatic N) is 4. The lowest BCUT2D eigenvalue weighted by molar-refractivity contribution is 0.102. The number of para-hydroxylation sites is 2. The van der Waals surface area contributed by atoms with Crippen LogP contribution in [0.3, 0.4) is 0 Å². The van der Waals surface area contributed by atoms with Gasteiger partial charge in [0.05, 0.1) is 22.9 Å². The lowest BCUT2D eigenvalue weighted by Crippen LogP contribution is -2.14. The van der Waals surface area contributed by atoms with Crippen LogP contribution in [0.2, 0.25) is 0 Å². The molecule has 118 valence electrons. The van der Waals surface area contributed by atoms with Crippen LogP contribution >= 0.6 is 11.3 Å². The summed E-state index contributed by atoms with van der Waals surface area (Å²) < 4.78 is 5.16. The zero-order valence-electron chi connectivity index (χ0n) is 12.6. The smallest absolute Gasteiger partial charge is 0.275 e. The van der Waals surface area contributed by atoms with Gasteiger partial charge in [-0.25, -0.2) is 4.98 Å². The Balaban J connectivity index is 1.63. The molecule has 0 aliphatic carbocycles. The molecule has 0 aliphatic rings. The van der Waals surface area contributed by atoms with Crippen LogP contribution in [-0.2, 0) is 0 Å². The third-order valence-electron chi connectivity index (χ3n) is 3.32. The highest BCUT2D eigenvalue weighted by atomic mass is 32.1. The van der Waals surface area contributed by atoms with Crippen molar-refractivity contribution in [1.82, 2.24) is 20.1 Å². The van der Waals surface area contributed by atoms with Crippen LogP contribution in [0.4, 0.5) is 5.69 Å². The zero-order chi connectivity index (χ0) is 16.5. The van der Waals surface area contributed by atoms with Crippen LogP contribution in [0.5, 0.6) is 0 Å². The number of aromatic nitrogens is 4. The third kappa shape index (κ3) is 2.63. The fraction of sp³-hybridized carbons (Fsp3) is 0.0625. The Morgan fingerprint density at radius 1 is 1.17 bits per heavy atom. The normalized spacial score (nSPS) is 10.9. The van der Waals surface area contributed by atoms with Crippen molar-refractivity contribution in [3.63, 3.8) is 0 Å². The van der Waals surface area contributed by atoms with Crippen molar-refractivity contribution in [2.24, 2.45) is 0 Å². The Kier molecular flexibility index (Phi) is 3.51. The lowest BCUT2D eigenvalue weighted by atomic mass is 10.3. The molecule has 0 fully saturated rings. The minimum atomic E-state index is -0.343. The second-order valence-electron chi connectivity index (χ2n) is 5.01. The van der Waals surface area contributed by atoms with Crippen LogP contribution in [0, 0.1) is 6.92 Å². The fourth-order valence-corrected chi connectivity index (χ4v) is 2.99. The van der Waals surface area contributed by atoms with Gasteiger partial charge < -0.3 is 9.84 Å². The van der Waals surface area contributed by atoms with Gasteiger partial charge in [-0.15, -0.1) is 11.3 Å². The minimum Gasteiger partial charge on any atom is -0.333 e. The van der Waals surface area contributed by atoms with Gasteiger partial charge in [0.25, 0.3) is 11.8 Å². The van der Waals surface area contributed by atoms with Crippen LogP contribution in [0.25, 0.3) is 21.8 Å². The number of benzene rings is 1. The Hall–Kier alpha value is -3.13. The first kappa shape index (κ1) is 14.5. The van der Waals surface area contributed by atoms with Crippen molar-refractivity contribution in [2.75, 3.05) is 5.32 Å². The highest BCUT2D eigenvalue weighted by Crippen LogP contribution is 2.32. The number of anilines is 1. The molecule has 7 nitrogen and oxygen atoms in total. The average Bonchev–Trinajstić information content (AvgIpc) is 3.23. The van der Waals surface area contributed by atoms with Crippen molar-refractivity contribution >= 4 is 34.0 Å². The Morgan fingerprint density at radius 2 is 2.00 bits per heavy atom. The number of hydrogen-bond acceptors (Lipinski definition) is 7. The van der Waals surface area contributed by atoms with Crippen molar-refractivity contribution < 1.29 is 9.32 Å². The minimum absolute atomic E-state index is 0.243. The molecule has 24 heavy (non-hydrogen) atoms. The summed E-state index contributed by atoms with van der Waals surface area (Å²) in [4.78, 5) is 26.0. The van der Waals surface area contributed by atoms with Gasteiger partial charge in [0.15, 0.2) is 5.82 Å². The summed E-state index contributed by atoms with van der Waals surface area (Å²) in [6.45, 7) is 1.74. The summed E-state index contributed by atoms with van der Waals surface area (Å²) in [5, 5.41) is 8.43. The van der Waals surface area contributed by atoms with Gasteiger partial charge in [0, 0.05) is 0 Å². The molecule has 8 heteroatoms. The number of rotatable bonds is 3. The van der Waals surface area contributed by atoms with Gasteiger partial charge in [-0.3, -0.25) is 9.78 Å². The largest absolute Gasteiger partial charge is 0.333 e. The molecule has 1 aromatic carbocycles. The predicted molar refractivity (Wildman–Crippen MR) is 89.8 cm³/mol. The molecule has 0 bridgehead atoms. The quantitative estimate of drug-likeness (QED) is 0.616. The zero-order valence-corrected chi connectivity index (χ0v) is 13.4. The van der Waals surface area contributed by atoms with E-state index in [4.69, 9.17) is 4.52 Å². The fourth-order valence-electron chi connectivity index (χ4n) is 2.22. The van der Waals surface area contributed by atoms with Gasteiger partial charge in [0.1, 0.15) is 10.6 Å². The van der Waals surface area contributed by atoms with E-state index in [1.165, 1.54) is 17.5 Å². The summed E-state index contributed by atoms with van der Waals surface area (Å²) >= 11 is 1.41. The Bertz CT molecular complexity index is 1040.